The predicted octanol–water partition coefficient (Wildman–Crippen LogP) is 2.04. The number of hydrogen-bond donors (Lipinski definition) is 1. The first-order chi connectivity index (χ1) is 11.3. The second-order valence-corrected chi connectivity index (χ2v) is 5.83. The standard InChI is InChI=1S/C16H19N7/c1-12-8-15(23-16(21-12)19-11-20-23)18-10-13-4-5-14(17-9-13)22-6-2-3-7-22/h4-5,8-9,11,18H,2-3,6-7,10H2,1H3. The van der Waals surface area contributed by atoms with Gasteiger partial charge in [-0.2, -0.15) is 14.6 Å². The van der Waals surface area contributed by atoms with Gasteiger partial charge in [-0.3, -0.25) is 0 Å². The first-order valence-corrected chi connectivity index (χ1v) is 7.91. The van der Waals surface area contributed by atoms with E-state index in [1.165, 1.54) is 19.2 Å². The average Bonchev–Trinajstić information content (AvgIpc) is 3.24. The highest BCUT2D eigenvalue weighted by Gasteiger charge is 2.13. The molecule has 1 N–H and O–H groups in total. The second kappa shape index (κ2) is 5.83. The third-order valence-corrected chi connectivity index (χ3v) is 4.09. The van der Waals surface area contributed by atoms with Gasteiger partial charge in [-0.25, -0.2) is 9.97 Å². The molecule has 7 heteroatoms. The van der Waals surface area contributed by atoms with Crippen LogP contribution in [0.4, 0.5) is 11.6 Å². The van der Waals surface area contributed by atoms with Crippen LogP contribution in [0, 0.1) is 6.92 Å². The van der Waals surface area contributed by atoms with Crippen molar-refractivity contribution in [3.8, 4) is 0 Å². The summed E-state index contributed by atoms with van der Waals surface area (Å²) in [5.74, 6) is 2.56. The van der Waals surface area contributed by atoms with Crippen molar-refractivity contribution in [3.63, 3.8) is 0 Å². The van der Waals surface area contributed by atoms with Crippen LogP contribution in [0.3, 0.4) is 0 Å². The molecule has 23 heavy (non-hydrogen) atoms. The third-order valence-electron chi connectivity index (χ3n) is 4.09. The van der Waals surface area contributed by atoms with Crippen LogP contribution in [0.1, 0.15) is 24.1 Å². The molecule has 0 bridgehead atoms. The first kappa shape index (κ1) is 13.9. The van der Waals surface area contributed by atoms with Gasteiger partial charge in [-0.1, -0.05) is 6.07 Å². The molecule has 0 amide bonds. The molecular weight excluding hydrogens is 290 g/mol. The number of pyridine rings is 1. The molecule has 3 aromatic rings. The van der Waals surface area contributed by atoms with E-state index in [-0.39, 0.29) is 0 Å². The van der Waals surface area contributed by atoms with Crippen molar-refractivity contribution in [2.24, 2.45) is 0 Å². The maximum Gasteiger partial charge on any atom is 0.254 e. The predicted molar refractivity (Wildman–Crippen MR) is 88.5 cm³/mol. The Morgan fingerprint density at radius 1 is 1.17 bits per heavy atom. The lowest BCUT2D eigenvalue weighted by molar-refractivity contribution is 0.910. The maximum atomic E-state index is 4.58. The Morgan fingerprint density at radius 3 is 2.83 bits per heavy atom. The van der Waals surface area contributed by atoms with Crippen LogP contribution in [0.15, 0.2) is 30.7 Å². The van der Waals surface area contributed by atoms with Gasteiger partial charge in [-0.05, 0) is 31.4 Å². The van der Waals surface area contributed by atoms with E-state index in [1.807, 2.05) is 19.2 Å². The summed E-state index contributed by atoms with van der Waals surface area (Å²) in [4.78, 5) is 15.4. The van der Waals surface area contributed by atoms with E-state index in [0.717, 1.165) is 36.0 Å². The van der Waals surface area contributed by atoms with Crippen LogP contribution in [0.2, 0.25) is 0 Å². The van der Waals surface area contributed by atoms with Crippen molar-refractivity contribution in [1.29, 1.82) is 0 Å². The van der Waals surface area contributed by atoms with Gasteiger partial charge in [0.2, 0.25) is 0 Å². The first-order valence-electron chi connectivity index (χ1n) is 7.91. The molecule has 4 rings (SSSR count). The Hall–Kier alpha value is -2.70. The minimum Gasteiger partial charge on any atom is -0.366 e. The number of nitrogens with zero attached hydrogens (tertiary/aromatic N) is 6. The van der Waals surface area contributed by atoms with E-state index >= 15 is 0 Å². The number of aromatic nitrogens is 5. The van der Waals surface area contributed by atoms with Gasteiger partial charge < -0.3 is 10.2 Å². The molecule has 1 fully saturated rings. The van der Waals surface area contributed by atoms with E-state index in [4.69, 9.17) is 0 Å². The van der Waals surface area contributed by atoms with Crippen LogP contribution >= 0.6 is 0 Å². The molecule has 0 radical (unpaired) electrons. The molecule has 0 aliphatic carbocycles. The van der Waals surface area contributed by atoms with E-state index in [0.29, 0.717) is 12.3 Å². The monoisotopic (exact) mass is 309 g/mol. The Morgan fingerprint density at radius 2 is 2.04 bits per heavy atom. The van der Waals surface area contributed by atoms with Gasteiger partial charge in [0, 0.05) is 37.6 Å². The van der Waals surface area contributed by atoms with Crippen molar-refractivity contribution in [1.82, 2.24) is 24.6 Å². The van der Waals surface area contributed by atoms with Gasteiger partial charge in [0.1, 0.15) is 18.0 Å². The summed E-state index contributed by atoms with van der Waals surface area (Å²) in [7, 11) is 0. The largest absolute Gasteiger partial charge is 0.366 e. The van der Waals surface area contributed by atoms with E-state index in [2.05, 4.69) is 42.4 Å². The van der Waals surface area contributed by atoms with E-state index in [9.17, 15) is 0 Å². The number of hydrogen-bond acceptors (Lipinski definition) is 6. The molecule has 0 aromatic carbocycles. The molecule has 0 spiro atoms. The lowest BCUT2D eigenvalue weighted by Crippen LogP contribution is -2.18. The van der Waals surface area contributed by atoms with Crippen molar-refractivity contribution in [2.75, 3.05) is 23.3 Å². The fraction of sp³-hybridized carbons (Fsp3) is 0.375. The van der Waals surface area contributed by atoms with Crippen molar-refractivity contribution >= 4 is 17.4 Å². The van der Waals surface area contributed by atoms with Crippen LogP contribution in [-0.4, -0.2) is 37.7 Å². The van der Waals surface area contributed by atoms with Crippen molar-refractivity contribution in [3.05, 3.63) is 42.0 Å². The molecule has 0 saturated carbocycles. The van der Waals surface area contributed by atoms with Gasteiger partial charge in [0.25, 0.3) is 5.78 Å². The molecule has 1 aliphatic heterocycles. The molecule has 7 nitrogen and oxygen atoms in total. The van der Waals surface area contributed by atoms with Crippen LogP contribution < -0.4 is 10.2 Å². The topological polar surface area (TPSA) is 71.2 Å². The minimum absolute atomic E-state index is 0.606. The van der Waals surface area contributed by atoms with Crippen LogP contribution in [-0.2, 0) is 6.54 Å². The van der Waals surface area contributed by atoms with Crippen molar-refractivity contribution in [2.45, 2.75) is 26.3 Å². The number of nitrogens with one attached hydrogen (secondary N) is 1. The Bertz CT molecular complexity index is 803. The lowest BCUT2D eigenvalue weighted by Gasteiger charge is -2.16. The Balaban J connectivity index is 1.48. The summed E-state index contributed by atoms with van der Waals surface area (Å²) in [6.07, 6.45) is 5.98. The second-order valence-electron chi connectivity index (χ2n) is 5.83. The van der Waals surface area contributed by atoms with E-state index < -0.39 is 0 Å². The maximum absolute atomic E-state index is 4.58. The zero-order valence-electron chi connectivity index (χ0n) is 13.1. The number of fused-ring (bicyclic) bond motifs is 1. The number of anilines is 2. The quantitative estimate of drug-likeness (QED) is 0.795. The van der Waals surface area contributed by atoms with E-state index in [1.54, 1.807) is 4.52 Å². The van der Waals surface area contributed by atoms with Gasteiger partial charge in [0.15, 0.2) is 0 Å². The highest BCUT2D eigenvalue weighted by atomic mass is 15.3. The summed E-state index contributed by atoms with van der Waals surface area (Å²) < 4.78 is 1.71. The molecule has 118 valence electrons. The summed E-state index contributed by atoms with van der Waals surface area (Å²) in [5.41, 5.74) is 2.05. The lowest BCUT2D eigenvalue weighted by atomic mass is 10.2. The van der Waals surface area contributed by atoms with Crippen molar-refractivity contribution < 1.29 is 0 Å². The SMILES string of the molecule is Cc1cc(NCc2ccc(N3CCCC3)nc2)n2ncnc2n1. The van der Waals surface area contributed by atoms with Crippen LogP contribution in [0.25, 0.3) is 5.78 Å². The summed E-state index contributed by atoms with van der Waals surface area (Å²) in [5, 5.41) is 7.58. The smallest absolute Gasteiger partial charge is 0.254 e. The zero-order valence-corrected chi connectivity index (χ0v) is 13.1. The molecule has 0 atom stereocenters. The highest BCUT2D eigenvalue weighted by Crippen LogP contribution is 2.18. The van der Waals surface area contributed by atoms with Gasteiger partial charge in [-0.15, -0.1) is 0 Å². The molecule has 0 unspecified atom stereocenters. The average molecular weight is 309 g/mol. The molecule has 1 saturated heterocycles. The zero-order chi connectivity index (χ0) is 15.6. The summed E-state index contributed by atoms with van der Waals surface area (Å²) in [6, 6.07) is 6.19. The Kier molecular flexibility index (Phi) is 3.53. The summed E-state index contributed by atoms with van der Waals surface area (Å²) in [6.45, 7) is 4.87. The minimum atomic E-state index is 0.606. The number of aryl methyl sites for hydroxylation is 1. The van der Waals surface area contributed by atoms with Crippen LogP contribution in [0.5, 0.6) is 0 Å². The fourth-order valence-corrected chi connectivity index (χ4v) is 2.90. The van der Waals surface area contributed by atoms with Gasteiger partial charge in [0.05, 0.1) is 0 Å². The Labute approximate surface area is 134 Å². The third kappa shape index (κ3) is 2.81. The van der Waals surface area contributed by atoms with Gasteiger partial charge >= 0.3 is 0 Å². The summed E-state index contributed by atoms with van der Waals surface area (Å²) >= 11 is 0. The molecule has 1 aliphatic rings. The normalized spacial score (nSPS) is 14.6. The molecular formula is C16H19N7. The molecule has 3 aromatic heterocycles. The molecule has 4 heterocycles. The number of rotatable bonds is 4. The highest BCUT2D eigenvalue weighted by molar-refractivity contribution is 5.46. The fourth-order valence-electron chi connectivity index (χ4n) is 2.90.